The Morgan fingerprint density at radius 2 is 1.55 bits per heavy atom. The fourth-order valence-corrected chi connectivity index (χ4v) is 4.44. The van der Waals surface area contributed by atoms with Crippen molar-refractivity contribution in [3.05, 3.63) is 119 Å². The average Bonchev–Trinajstić information content (AvgIpc) is 3.24. The van der Waals surface area contributed by atoms with Crippen LogP contribution in [-0.2, 0) is 5.60 Å². The number of hydrogen-bond acceptors (Lipinski definition) is 3. The lowest BCUT2D eigenvalue weighted by atomic mass is 9.75. The molecule has 1 N–H and O–H groups in total. The zero-order valence-corrected chi connectivity index (χ0v) is 16.4. The molecule has 0 amide bonds. The second-order valence-electron chi connectivity index (χ2n) is 7.67. The Labute approximate surface area is 178 Å². The lowest BCUT2D eigenvalue weighted by molar-refractivity contribution is 0.0950. The maximum absolute atomic E-state index is 13.3. The number of fused-ring (bicyclic) bond motifs is 6. The number of rotatable bonds is 0. The summed E-state index contributed by atoms with van der Waals surface area (Å²) in [6.45, 7) is 0. The zero-order valence-electron chi connectivity index (χ0n) is 16.4. The van der Waals surface area contributed by atoms with Crippen molar-refractivity contribution in [3.63, 3.8) is 0 Å². The summed E-state index contributed by atoms with van der Waals surface area (Å²) >= 11 is 0. The van der Waals surface area contributed by atoms with Crippen molar-refractivity contribution in [2.75, 3.05) is 0 Å². The van der Waals surface area contributed by atoms with Crippen LogP contribution in [0.25, 0.3) is 21.7 Å². The number of hydrogen-bond donors (Lipinski definition) is 1. The van der Waals surface area contributed by atoms with E-state index in [2.05, 4.69) is 11.8 Å². The van der Waals surface area contributed by atoms with Crippen molar-refractivity contribution in [2.45, 2.75) is 5.60 Å². The van der Waals surface area contributed by atoms with Crippen LogP contribution in [0.4, 0.5) is 0 Å². The van der Waals surface area contributed by atoms with Crippen LogP contribution in [0.5, 0.6) is 0 Å². The Morgan fingerprint density at radius 3 is 2.42 bits per heavy atom. The molecule has 3 heteroatoms. The molecular weight excluding hydrogens is 384 g/mol. The smallest absolute Gasteiger partial charge is 0.229 e. The largest absolute Gasteiger partial charge is 0.452 e. The molecule has 31 heavy (non-hydrogen) atoms. The summed E-state index contributed by atoms with van der Waals surface area (Å²) < 4.78 is 6.04. The third-order valence-electron chi connectivity index (χ3n) is 5.87. The van der Waals surface area contributed by atoms with Crippen LogP contribution in [0.15, 0.2) is 95.4 Å². The Bertz CT molecular complexity index is 1560. The first kappa shape index (κ1) is 17.7. The molecule has 1 aromatic heterocycles. The highest BCUT2D eigenvalue weighted by Gasteiger charge is 2.45. The standard InChI is InChI=1S/C28H16O3/c29-26-21-12-6-7-13-22(21)28(30,17-16-18-8-2-1-3-9-18)25-24-20-11-5-4-10-19(20)14-15-23(24)31-27(25)26/h1-15,30H. The van der Waals surface area contributed by atoms with E-state index >= 15 is 0 Å². The molecule has 1 aliphatic rings. The fraction of sp³-hybridized carbons (Fsp3) is 0.0357. The topological polar surface area (TPSA) is 50.4 Å². The molecule has 1 unspecified atom stereocenters. The van der Waals surface area contributed by atoms with Gasteiger partial charge in [0.1, 0.15) is 5.58 Å². The number of ketones is 1. The van der Waals surface area contributed by atoms with Gasteiger partial charge in [-0.2, -0.15) is 0 Å². The van der Waals surface area contributed by atoms with Crippen molar-refractivity contribution in [2.24, 2.45) is 0 Å². The predicted molar refractivity (Wildman–Crippen MR) is 120 cm³/mol. The number of benzene rings is 4. The number of furan rings is 1. The highest BCUT2D eigenvalue weighted by Crippen LogP contribution is 2.46. The van der Waals surface area contributed by atoms with Crippen LogP contribution in [0.2, 0.25) is 0 Å². The Kier molecular flexibility index (Phi) is 3.67. The van der Waals surface area contributed by atoms with Gasteiger partial charge in [-0.1, -0.05) is 84.6 Å². The first-order valence-corrected chi connectivity index (χ1v) is 10.1. The van der Waals surface area contributed by atoms with E-state index < -0.39 is 5.60 Å². The first-order chi connectivity index (χ1) is 15.2. The monoisotopic (exact) mass is 400 g/mol. The van der Waals surface area contributed by atoms with Crippen LogP contribution < -0.4 is 0 Å². The van der Waals surface area contributed by atoms with Gasteiger partial charge in [-0.3, -0.25) is 4.79 Å². The zero-order chi connectivity index (χ0) is 21.0. The van der Waals surface area contributed by atoms with Gasteiger partial charge in [-0.15, -0.1) is 0 Å². The fourth-order valence-electron chi connectivity index (χ4n) is 4.44. The van der Waals surface area contributed by atoms with E-state index in [4.69, 9.17) is 4.42 Å². The van der Waals surface area contributed by atoms with Gasteiger partial charge in [0.05, 0.1) is 5.56 Å². The van der Waals surface area contributed by atoms with E-state index in [9.17, 15) is 9.90 Å². The molecule has 0 saturated heterocycles. The molecule has 0 saturated carbocycles. The quantitative estimate of drug-likeness (QED) is 0.353. The molecule has 1 heterocycles. The summed E-state index contributed by atoms with van der Waals surface area (Å²) in [6.07, 6.45) is 0. The lowest BCUT2D eigenvalue weighted by Crippen LogP contribution is -2.33. The highest BCUT2D eigenvalue weighted by atomic mass is 16.3. The summed E-state index contributed by atoms with van der Waals surface area (Å²) in [4.78, 5) is 13.3. The molecule has 6 rings (SSSR count). The molecule has 1 atom stereocenters. The molecule has 146 valence electrons. The van der Waals surface area contributed by atoms with Gasteiger partial charge in [0.2, 0.25) is 5.78 Å². The van der Waals surface area contributed by atoms with E-state index in [1.54, 1.807) is 18.2 Å². The number of carbonyl (C=O) groups is 1. The second-order valence-corrected chi connectivity index (χ2v) is 7.67. The van der Waals surface area contributed by atoms with Crippen molar-refractivity contribution >= 4 is 27.5 Å². The van der Waals surface area contributed by atoms with Gasteiger partial charge in [-0.05, 0) is 29.0 Å². The minimum Gasteiger partial charge on any atom is -0.452 e. The Morgan fingerprint density at radius 1 is 0.806 bits per heavy atom. The van der Waals surface area contributed by atoms with Gasteiger partial charge in [-0.25, -0.2) is 0 Å². The molecule has 0 bridgehead atoms. The number of aliphatic hydroxyl groups is 1. The van der Waals surface area contributed by atoms with Crippen LogP contribution in [-0.4, -0.2) is 10.9 Å². The minimum atomic E-state index is -1.69. The maximum atomic E-state index is 13.3. The molecule has 5 aromatic rings. The van der Waals surface area contributed by atoms with Crippen molar-refractivity contribution in [1.82, 2.24) is 0 Å². The van der Waals surface area contributed by atoms with Gasteiger partial charge < -0.3 is 9.52 Å². The molecule has 4 aromatic carbocycles. The highest BCUT2D eigenvalue weighted by molar-refractivity contribution is 6.18. The summed E-state index contributed by atoms with van der Waals surface area (Å²) in [5.41, 5.74) is 0.959. The van der Waals surface area contributed by atoms with Gasteiger partial charge in [0, 0.05) is 22.1 Å². The molecule has 0 fully saturated rings. The normalized spacial score (nSPS) is 17.1. The molecule has 0 spiro atoms. The molecule has 3 nitrogen and oxygen atoms in total. The van der Waals surface area contributed by atoms with Crippen LogP contribution in [0, 0.1) is 11.8 Å². The molecule has 0 radical (unpaired) electrons. The Balaban J connectivity index is 1.75. The van der Waals surface area contributed by atoms with Crippen LogP contribution >= 0.6 is 0 Å². The third-order valence-corrected chi connectivity index (χ3v) is 5.87. The summed E-state index contributed by atoms with van der Waals surface area (Å²) in [5, 5.41) is 14.8. The average molecular weight is 400 g/mol. The van der Waals surface area contributed by atoms with E-state index in [1.165, 1.54) is 0 Å². The van der Waals surface area contributed by atoms with E-state index in [0.717, 1.165) is 21.7 Å². The predicted octanol–water partition coefficient (Wildman–Crippen LogP) is 5.42. The minimum absolute atomic E-state index is 0.148. The molecule has 1 aliphatic carbocycles. The van der Waals surface area contributed by atoms with Gasteiger partial charge in [0.15, 0.2) is 11.4 Å². The van der Waals surface area contributed by atoms with Crippen LogP contribution in [0.3, 0.4) is 0 Å². The molecular formula is C28H16O3. The first-order valence-electron chi connectivity index (χ1n) is 10.1. The lowest BCUT2D eigenvalue weighted by Gasteiger charge is -2.29. The van der Waals surface area contributed by atoms with Crippen molar-refractivity contribution < 1.29 is 14.3 Å². The summed E-state index contributed by atoms with van der Waals surface area (Å²) in [7, 11) is 0. The third kappa shape index (κ3) is 2.49. The SMILES string of the molecule is O=C1c2ccccc2C(O)(C#Cc2ccccc2)c2c1oc1ccc3ccccc3c21. The maximum Gasteiger partial charge on any atom is 0.229 e. The van der Waals surface area contributed by atoms with Gasteiger partial charge in [0.25, 0.3) is 0 Å². The second kappa shape index (κ2) is 6.43. The van der Waals surface area contributed by atoms with Crippen molar-refractivity contribution in [1.29, 1.82) is 0 Å². The van der Waals surface area contributed by atoms with Crippen LogP contribution in [0.1, 0.15) is 32.8 Å². The Hall–Kier alpha value is -4.13. The summed E-state index contributed by atoms with van der Waals surface area (Å²) in [5.74, 6) is 6.09. The van der Waals surface area contributed by atoms with E-state index in [0.29, 0.717) is 22.3 Å². The van der Waals surface area contributed by atoms with Crippen molar-refractivity contribution in [3.8, 4) is 11.8 Å². The number of carbonyl (C=O) groups excluding carboxylic acids is 1. The van der Waals surface area contributed by atoms with E-state index in [-0.39, 0.29) is 11.5 Å². The molecule has 0 aliphatic heterocycles. The van der Waals surface area contributed by atoms with E-state index in [1.807, 2.05) is 72.8 Å². The van der Waals surface area contributed by atoms with Gasteiger partial charge >= 0.3 is 0 Å². The summed E-state index contributed by atoms with van der Waals surface area (Å²) in [6, 6.07) is 28.2.